The first-order valence-electron chi connectivity index (χ1n) is 12.3. The van der Waals surface area contributed by atoms with Gasteiger partial charge in [0.1, 0.15) is 5.69 Å². The zero-order valence-electron chi connectivity index (χ0n) is 20.7. The lowest BCUT2D eigenvalue weighted by Gasteiger charge is -2.14. The zero-order chi connectivity index (χ0) is 25.3. The van der Waals surface area contributed by atoms with Gasteiger partial charge in [0.2, 0.25) is 5.78 Å². The average Bonchev–Trinajstić information content (AvgIpc) is 3.33. The van der Waals surface area contributed by atoms with Crippen molar-refractivity contribution in [2.45, 2.75) is 33.1 Å². The Kier molecular flexibility index (Phi) is 8.16. The first-order valence-corrected chi connectivity index (χ1v) is 12.3. The maximum atomic E-state index is 13.8. The van der Waals surface area contributed by atoms with E-state index in [2.05, 4.69) is 18.8 Å². The summed E-state index contributed by atoms with van der Waals surface area (Å²) in [4.78, 5) is 26.9. The third-order valence-corrected chi connectivity index (χ3v) is 5.83. The highest BCUT2D eigenvalue weighted by atomic mass is 16.5. The Labute approximate surface area is 212 Å². The van der Waals surface area contributed by atoms with Gasteiger partial charge in [-0.25, -0.2) is 4.79 Å². The summed E-state index contributed by atoms with van der Waals surface area (Å²) in [5.74, 6) is 5.65. The van der Waals surface area contributed by atoms with Crippen molar-refractivity contribution >= 4 is 11.8 Å². The molecule has 0 bridgehead atoms. The summed E-state index contributed by atoms with van der Waals surface area (Å²) >= 11 is 0. The van der Waals surface area contributed by atoms with E-state index in [1.165, 1.54) is 0 Å². The molecule has 1 heterocycles. The number of ketones is 1. The van der Waals surface area contributed by atoms with Crippen molar-refractivity contribution in [1.29, 1.82) is 0 Å². The number of unbranched alkanes of at least 4 members (excludes halogenated alkanes) is 2. The second-order valence-electron chi connectivity index (χ2n) is 8.36. The number of esters is 1. The maximum absolute atomic E-state index is 13.8. The predicted molar refractivity (Wildman–Crippen MR) is 143 cm³/mol. The van der Waals surface area contributed by atoms with Crippen molar-refractivity contribution in [2.75, 3.05) is 6.61 Å². The Hall–Kier alpha value is -4.36. The van der Waals surface area contributed by atoms with Gasteiger partial charge in [-0.1, -0.05) is 85.8 Å². The Morgan fingerprint density at radius 1 is 0.861 bits per heavy atom. The molecule has 180 valence electrons. The van der Waals surface area contributed by atoms with Crippen molar-refractivity contribution in [3.63, 3.8) is 0 Å². The molecule has 0 aliphatic heterocycles. The zero-order valence-corrected chi connectivity index (χ0v) is 20.7. The minimum Gasteiger partial charge on any atom is -0.462 e. The van der Waals surface area contributed by atoms with E-state index in [0.717, 1.165) is 41.8 Å². The molecule has 0 N–H and O–H groups in total. The molecule has 0 spiro atoms. The van der Waals surface area contributed by atoms with Crippen LogP contribution in [0.1, 0.15) is 65.1 Å². The lowest BCUT2D eigenvalue weighted by molar-refractivity contribution is 0.0523. The molecule has 0 atom stereocenters. The fraction of sp³-hybridized carbons (Fsp3) is 0.188. The summed E-state index contributed by atoms with van der Waals surface area (Å²) in [7, 11) is 0. The number of benzene rings is 3. The van der Waals surface area contributed by atoms with Crippen LogP contribution in [0.3, 0.4) is 0 Å². The number of nitrogens with zero attached hydrogens (tertiary/aromatic N) is 1. The van der Waals surface area contributed by atoms with Gasteiger partial charge < -0.3 is 9.30 Å². The molecule has 0 saturated carbocycles. The van der Waals surface area contributed by atoms with E-state index in [0.29, 0.717) is 5.56 Å². The van der Waals surface area contributed by atoms with Crippen LogP contribution in [0.2, 0.25) is 0 Å². The number of carbonyl (C=O) groups is 2. The summed E-state index contributed by atoms with van der Waals surface area (Å²) < 4.78 is 7.21. The average molecular weight is 476 g/mol. The molecule has 4 heteroatoms. The molecule has 0 fully saturated rings. The standard InChI is InChI=1S/C32H29NO3/c1-3-5-6-9-14-24-19-21-27(22-20-24)33-29(25-15-10-7-11-16-25)23-28(32(35)36-4-2)30(33)31(34)26-17-12-8-13-18-26/h7-8,10-13,15-23H,3-6H2,1-2H3. The van der Waals surface area contributed by atoms with Gasteiger partial charge in [-0.15, -0.1) is 0 Å². The van der Waals surface area contributed by atoms with Crippen molar-refractivity contribution in [2.24, 2.45) is 0 Å². The molecule has 0 radical (unpaired) electrons. The largest absolute Gasteiger partial charge is 0.462 e. The molecule has 4 aromatic rings. The van der Waals surface area contributed by atoms with Crippen LogP contribution in [-0.2, 0) is 4.74 Å². The van der Waals surface area contributed by atoms with Gasteiger partial charge in [-0.3, -0.25) is 4.79 Å². The van der Waals surface area contributed by atoms with Crippen LogP contribution in [0.25, 0.3) is 16.9 Å². The van der Waals surface area contributed by atoms with Crippen LogP contribution in [0, 0.1) is 11.8 Å². The Morgan fingerprint density at radius 3 is 2.17 bits per heavy atom. The third-order valence-electron chi connectivity index (χ3n) is 5.83. The molecule has 0 aliphatic carbocycles. The van der Waals surface area contributed by atoms with E-state index in [1.807, 2.05) is 77.4 Å². The van der Waals surface area contributed by atoms with Gasteiger partial charge in [0, 0.05) is 23.2 Å². The van der Waals surface area contributed by atoms with Gasteiger partial charge in [-0.05, 0) is 49.2 Å². The number of carbonyl (C=O) groups excluding carboxylic acids is 2. The molecule has 4 rings (SSSR count). The maximum Gasteiger partial charge on any atom is 0.340 e. The van der Waals surface area contributed by atoms with Crippen LogP contribution < -0.4 is 0 Å². The second-order valence-corrected chi connectivity index (χ2v) is 8.36. The number of aromatic nitrogens is 1. The number of hydrogen-bond donors (Lipinski definition) is 0. The molecular weight excluding hydrogens is 446 g/mol. The second kappa shape index (κ2) is 11.9. The van der Waals surface area contributed by atoms with Crippen LogP contribution in [0.4, 0.5) is 0 Å². The van der Waals surface area contributed by atoms with E-state index >= 15 is 0 Å². The summed E-state index contributed by atoms with van der Waals surface area (Å²) in [6, 6.07) is 28.3. The molecule has 4 nitrogen and oxygen atoms in total. The van der Waals surface area contributed by atoms with E-state index in [1.54, 1.807) is 25.1 Å². The lowest BCUT2D eigenvalue weighted by atomic mass is 10.0. The van der Waals surface area contributed by atoms with Crippen LogP contribution in [0.15, 0.2) is 91.0 Å². The lowest BCUT2D eigenvalue weighted by Crippen LogP contribution is -2.15. The van der Waals surface area contributed by atoms with Crippen LogP contribution in [-0.4, -0.2) is 22.9 Å². The number of ether oxygens (including phenoxy) is 1. The molecule has 0 amide bonds. The van der Waals surface area contributed by atoms with Gasteiger partial charge >= 0.3 is 5.97 Å². The van der Waals surface area contributed by atoms with Gasteiger partial charge in [0.05, 0.1) is 17.9 Å². The monoisotopic (exact) mass is 475 g/mol. The fourth-order valence-corrected chi connectivity index (χ4v) is 4.04. The Bertz CT molecular complexity index is 1390. The number of rotatable bonds is 8. The first kappa shape index (κ1) is 24.8. The van der Waals surface area contributed by atoms with Gasteiger partial charge in [-0.2, -0.15) is 0 Å². The highest BCUT2D eigenvalue weighted by molar-refractivity contribution is 6.15. The van der Waals surface area contributed by atoms with Crippen molar-refractivity contribution in [3.8, 4) is 28.8 Å². The third kappa shape index (κ3) is 5.47. The van der Waals surface area contributed by atoms with Gasteiger partial charge in [0.25, 0.3) is 0 Å². The molecule has 1 aromatic heterocycles. The predicted octanol–water partition coefficient (Wildman–Crippen LogP) is 7.09. The van der Waals surface area contributed by atoms with E-state index in [-0.39, 0.29) is 23.6 Å². The minimum absolute atomic E-state index is 0.217. The topological polar surface area (TPSA) is 48.3 Å². The number of hydrogen-bond acceptors (Lipinski definition) is 3. The normalized spacial score (nSPS) is 10.4. The first-order chi connectivity index (χ1) is 17.6. The molecule has 0 saturated heterocycles. The van der Waals surface area contributed by atoms with E-state index in [4.69, 9.17) is 4.74 Å². The van der Waals surface area contributed by atoms with Crippen molar-refractivity contribution in [3.05, 3.63) is 113 Å². The van der Waals surface area contributed by atoms with E-state index < -0.39 is 5.97 Å². The fourth-order valence-electron chi connectivity index (χ4n) is 4.04. The smallest absolute Gasteiger partial charge is 0.340 e. The van der Waals surface area contributed by atoms with Crippen molar-refractivity contribution < 1.29 is 14.3 Å². The van der Waals surface area contributed by atoms with Crippen LogP contribution in [0.5, 0.6) is 0 Å². The minimum atomic E-state index is -0.522. The highest BCUT2D eigenvalue weighted by Gasteiger charge is 2.28. The van der Waals surface area contributed by atoms with Gasteiger partial charge in [0.15, 0.2) is 0 Å². The molecule has 3 aromatic carbocycles. The Morgan fingerprint density at radius 2 is 1.53 bits per heavy atom. The molecule has 0 aliphatic rings. The summed E-state index contributed by atoms with van der Waals surface area (Å²) in [5, 5.41) is 0. The molecule has 36 heavy (non-hydrogen) atoms. The van der Waals surface area contributed by atoms with Crippen molar-refractivity contribution in [1.82, 2.24) is 4.57 Å². The summed E-state index contributed by atoms with van der Waals surface area (Å²) in [6.45, 7) is 4.12. The highest BCUT2D eigenvalue weighted by Crippen LogP contribution is 2.32. The van der Waals surface area contributed by atoms with Crippen LogP contribution >= 0.6 is 0 Å². The summed E-state index contributed by atoms with van der Waals surface area (Å²) in [5.41, 5.74) is 4.32. The molecular formula is C32H29NO3. The molecule has 0 unspecified atom stereocenters. The quantitative estimate of drug-likeness (QED) is 0.118. The van der Waals surface area contributed by atoms with E-state index in [9.17, 15) is 9.59 Å². The SMILES string of the molecule is CCCCC#Cc1ccc(-n2c(-c3ccccc3)cc(C(=O)OCC)c2C(=O)c2ccccc2)cc1. The summed E-state index contributed by atoms with van der Waals surface area (Å²) in [6.07, 6.45) is 3.06. The Balaban J connectivity index is 1.91.